The van der Waals surface area contributed by atoms with E-state index in [9.17, 15) is 52.7 Å². The summed E-state index contributed by atoms with van der Waals surface area (Å²) in [7, 11) is -2.68. The van der Waals surface area contributed by atoms with Crippen molar-refractivity contribution in [3.8, 4) is 22.3 Å². The first-order chi connectivity index (χ1) is 23.7. The van der Waals surface area contributed by atoms with Gasteiger partial charge in [-0.1, -0.05) is 84.9 Å². The molecule has 0 fully saturated rings. The molecule has 0 radical (unpaired) electrons. The molecule has 0 saturated carbocycles. The predicted octanol–water partition coefficient (Wildman–Crippen LogP) is 13.2. The molecule has 268 valence electrons. The minimum Gasteiger partial charge on any atom is -0.166 e. The maximum atomic E-state index is 13.7. The third-order valence-electron chi connectivity index (χ3n) is 10.0. The van der Waals surface area contributed by atoms with Crippen LogP contribution >= 0.6 is 0 Å². The van der Waals surface area contributed by atoms with Gasteiger partial charge in [-0.2, -0.15) is 52.7 Å². The van der Waals surface area contributed by atoms with E-state index in [-0.39, 0.29) is 34.4 Å². The maximum Gasteiger partial charge on any atom is 0.416 e. The molecule has 0 aliphatic heterocycles. The predicted molar refractivity (Wildman–Crippen MR) is 174 cm³/mol. The van der Waals surface area contributed by atoms with Crippen LogP contribution in [0, 0.1) is 0 Å². The molecule has 4 aromatic rings. The molecule has 51 heavy (non-hydrogen) atoms. The molecule has 6 rings (SSSR count). The van der Waals surface area contributed by atoms with Crippen LogP contribution in [0.1, 0.15) is 58.4 Å². The van der Waals surface area contributed by atoms with E-state index in [4.69, 9.17) is 0 Å². The third-order valence-corrected chi connectivity index (χ3v) is 15.5. The van der Waals surface area contributed by atoms with Crippen LogP contribution in [0.2, 0.25) is 12.1 Å². The van der Waals surface area contributed by atoms with Crippen molar-refractivity contribution >= 4 is 20.2 Å². The Balaban J connectivity index is 1.46. The largest absolute Gasteiger partial charge is 0.416 e. The second kappa shape index (κ2) is 12.5. The standard InChI is InChI=1S/C38H28F12Si/c1-3-51(4-2,29-15-21-7-5-9-31(33(21)19-29)23-11-25(35(39,40)41)17-26(12-23)36(42,43)44)30-16-22-8-6-10-32(34(22)20-30)24-13-27(37(45,46)47)18-28(14-24)38(48,49)50/h5-14,17-20H,3-4,15-16H2,1-2H3. The molecule has 0 amide bonds. The molecule has 0 aromatic heterocycles. The van der Waals surface area contributed by atoms with E-state index in [1.165, 1.54) is 12.1 Å². The SMILES string of the molecule is CC[Si](CC)(C1=Cc2c(cccc2-c2cc(C(F)(F)F)cc(C(F)(F)F)c2)C1)C1=Cc2c(cccc2-c2cc(C(F)(F)F)cc(C(F)(F)F)c2)C1. The molecule has 0 unspecified atom stereocenters. The molecule has 13 heteroatoms. The van der Waals surface area contributed by atoms with Gasteiger partial charge in [-0.3, -0.25) is 0 Å². The summed E-state index contributed by atoms with van der Waals surface area (Å²) < 4.78 is 165. The summed E-state index contributed by atoms with van der Waals surface area (Å²) in [6.07, 6.45) is -15.6. The van der Waals surface area contributed by atoms with Crippen LogP contribution in [0.5, 0.6) is 0 Å². The Hall–Kier alpha value is -4.26. The third kappa shape index (κ3) is 6.76. The van der Waals surface area contributed by atoms with Gasteiger partial charge in [-0.25, -0.2) is 0 Å². The van der Waals surface area contributed by atoms with Crippen LogP contribution in [0.4, 0.5) is 52.7 Å². The zero-order valence-corrected chi connectivity index (χ0v) is 27.9. The number of fused-ring (bicyclic) bond motifs is 2. The number of halogens is 12. The highest BCUT2D eigenvalue weighted by Gasteiger charge is 2.43. The van der Waals surface area contributed by atoms with Gasteiger partial charge in [0.2, 0.25) is 0 Å². The zero-order chi connectivity index (χ0) is 37.3. The average Bonchev–Trinajstić information content (AvgIpc) is 3.69. The Kier molecular flexibility index (Phi) is 8.92. The second-order valence-corrected chi connectivity index (χ2v) is 17.7. The van der Waals surface area contributed by atoms with Crippen molar-refractivity contribution in [2.75, 3.05) is 0 Å². The topological polar surface area (TPSA) is 0 Å². The van der Waals surface area contributed by atoms with Crippen LogP contribution in [0.15, 0.2) is 83.2 Å². The molecule has 4 aromatic carbocycles. The Morgan fingerprint density at radius 1 is 0.471 bits per heavy atom. The smallest absolute Gasteiger partial charge is 0.166 e. The van der Waals surface area contributed by atoms with Crippen molar-refractivity contribution in [1.82, 2.24) is 0 Å². The van der Waals surface area contributed by atoms with E-state index in [1.54, 1.807) is 24.3 Å². The van der Waals surface area contributed by atoms with Gasteiger partial charge in [0.1, 0.15) is 8.07 Å². The number of benzene rings is 4. The number of hydrogen-bond donors (Lipinski definition) is 0. The van der Waals surface area contributed by atoms with E-state index < -0.39 is 55.0 Å². The minimum atomic E-state index is -5.02. The first-order valence-electron chi connectivity index (χ1n) is 15.9. The normalized spacial score (nSPS) is 15.1. The van der Waals surface area contributed by atoms with E-state index >= 15 is 0 Å². The quantitative estimate of drug-likeness (QED) is 0.136. The van der Waals surface area contributed by atoms with Crippen molar-refractivity contribution in [2.24, 2.45) is 0 Å². The lowest BCUT2D eigenvalue weighted by Gasteiger charge is -2.33. The van der Waals surface area contributed by atoms with E-state index in [0.717, 1.165) is 21.5 Å². The lowest BCUT2D eigenvalue weighted by atomic mass is 9.94. The first kappa shape index (κ1) is 36.5. The highest BCUT2D eigenvalue weighted by atomic mass is 28.3. The fourth-order valence-corrected chi connectivity index (χ4v) is 12.1. The van der Waals surface area contributed by atoms with Gasteiger partial charge in [0.25, 0.3) is 0 Å². The van der Waals surface area contributed by atoms with Gasteiger partial charge in [0, 0.05) is 0 Å². The fraction of sp³-hybridized carbons (Fsp3) is 0.263. The molecule has 0 spiro atoms. The molecule has 2 aliphatic carbocycles. The first-order valence-corrected chi connectivity index (χ1v) is 18.3. The lowest BCUT2D eigenvalue weighted by Crippen LogP contribution is -2.39. The van der Waals surface area contributed by atoms with Crippen molar-refractivity contribution in [1.29, 1.82) is 0 Å². The highest BCUT2D eigenvalue weighted by Crippen LogP contribution is 2.48. The zero-order valence-electron chi connectivity index (χ0n) is 26.9. The molecule has 0 bridgehead atoms. The fourth-order valence-electron chi connectivity index (χ4n) is 7.44. The summed E-state index contributed by atoms with van der Waals surface area (Å²) in [6.45, 7) is 3.96. The average molecular weight is 741 g/mol. The van der Waals surface area contributed by atoms with Crippen molar-refractivity contribution in [3.63, 3.8) is 0 Å². The van der Waals surface area contributed by atoms with Gasteiger partial charge < -0.3 is 0 Å². The molecular weight excluding hydrogens is 712 g/mol. The number of allylic oxidation sites excluding steroid dienone is 2. The molecule has 0 nitrogen and oxygen atoms in total. The highest BCUT2D eigenvalue weighted by molar-refractivity contribution is 6.94. The molecule has 2 aliphatic rings. The number of alkyl halides is 12. The van der Waals surface area contributed by atoms with Gasteiger partial charge >= 0.3 is 24.7 Å². The number of hydrogen-bond acceptors (Lipinski definition) is 0. The van der Waals surface area contributed by atoms with E-state index in [1.807, 2.05) is 26.0 Å². The van der Waals surface area contributed by atoms with Crippen LogP contribution in [0.3, 0.4) is 0 Å². The second-order valence-electron chi connectivity index (χ2n) is 12.8. The molecule has 0 saturated heterocycles. The van der Waals surface area contributed by atoms with Crippen LogP contribution in [-0.2, 0) is 37.5 Å². The molecular formula is C38H28F12Si. The summed E-state index contributed by atoms with van der Waals surface area (Å²) in [6, 6.07) is 14.0. The molecule has 0 atom stereocenters. The molecule has 0 heterocycles. The van der Waals surface area contributed by atoms with Gasteiger partial charge in [-0.05, 0) is 93.7 Å². The minimum absolute atomic E-state index is 0.0852. The Labute approximate surface area is 286 Å². The number of rotatable bonds is 6. The van der Waals surface area contributed by atoms with E-state index in [2.05, 4.69) is 0 Å². The van der Waals surface area contributed by atoms with Crippen LogP contribution in [0.25, 0.3) is 34.4 Å². The summed E-state index contributed by atoms with van der Waals surface area (Å²) in [4.78, 5) is 0. The van der Waals surface area contributed by atoms with Gasteiger partial charge in [-0.15, -0.1) is 0 Å². The van der Waals surface area contributed by atoms with Gasteiger partial charge in [0.05, 0.1) is 22.3 Å². The monoisotopic (exact) mass is 740 g/mol. The summed E-state index contributed by atoms with van der Waals surface area (Å²) in [5.74, 6) is 0. The summed E-state index contributed by atoms with van der Waals surface area (Å²) in [5, 5.41) is 1.97. The summed E-state index contributed by atoms with van der Waals surface area (Å²) in [5.41, 5.74) is -3.26. The summed E-state index contributed by atoms with van der Waals surface area (Å²) >= 11 is 0. The Morgan fingerprint density at radius 2 is 0.784 bits per heavy atom. The Bertz CT molecular complexity index is 1860. The van der Waals surface area contributed by atoms with Crippen molar-refractivity contribution < 1.29 is 52.7 Å². The molecule has 0 N–H and O–H groups in total. The maximum absolute atomic E-state index is 13.7. The van der Waals surface area contributed by atoms with Crippen molar-refractivity contribution in [2.45, 2.75) is 63.5 Å². The van der Waals surface area contributed by atoms with Crippen LogP contribution < -0.4 is 0 Å². The Morgan fingerprint density at radius 3 is 1.06 bits per heavy atom. The van der Waals surface area contributed by atoms with Crippen molar-refractivity contribution in [3.05, 3.63) is 128 Å². The van der Waals surface area contributed by atoms with Gasteiger partial charge in [0.15, 0.2) is 0 Å². The lowest BCUT2D eigenvalue weighted by molar-refractivity contribution is -0.144. The van der Waals surface area contributed by atoms with E-state index in [0.29, 0.717) is 60.3 Å². The van der Waals surface area contributed by atoms with Crippen LogP contribution in [-0.4, -0.2) is 8.07 Å².